The van der Waals surface area contributed by atoms with Crippen LogP contribution < -0.4 is 5.32 Å². The van der Waals surface area contributed by atoms with Crippen molar-refractivity contribution in [3.8, 4) is 12.3 Å². The van der Waals surface area contributed by atoms with Gasteiger partial charge in [-0.05, 0) is 20.8 Å². The van der Waals surface area contributed by atoms with Crippen LogP contribution in [0.5, 0.6) is 0 Å². The first-order chi connectivity index (χ1) is 6.91. The molecule has 4 nitrogen and oxygen atoms in total. The predicted molar refractivity (Wildman–Crippen MR) is 56.9 cm³/mol. The second-order valence-corrected chi connectivity index (χ2v) is 3.62. The van der Waals surface area contributed by atoms with Gasteiger partial charge in [-0.1, -0.05) is 5.92 Å². The van der Waals surface area contributed by atoms with Gasteiger partial charge in [0.2, 0.25) is 5.91 Å². The largest absolute Gasteiger partial charge is 0.466 e. The molecule has 1 N–H and O–H groups in total. The van der Waals surface area contributed by atoms with Crippen LogP contribution in [0.4, 0.5) is 0 Å². The summed E-state index contributed by atoms with van der Waals surface area (Å²) in [5.74, 6) is 1.82. The van der Waals surface area contributed by atoms with E-state index in [1.165, 1.54) is 0 Å². The number of carbonyl (C=O) groups is 2. The van der Waals surface area contributed by atoms with Gasteiger partial charge in [0.05, 0.1) is 18.6 Å². The first-order valence-corrected chi connectivity index (χ1v) is 4.85. The topological polar surface area (TPSA) is 55.4 Å². The summed E-state index contributed by atoms with van der Waals surface area (Å²) in [6.45, 7) is 5.49. The van der Waals surface area contributed by atoms with E-state index in [0.717, 1.165) is 0 Å². The lowest BCUT2D eigenvalue weighted by Gasteiger charge is -2.19. The number of esters is 1. The molecule has 0 bridgehead atoms. The van der Waals surface area contributed by atoms with Crippen molar-refractivity contribution in [3.05, 3.63) is 0 Å². The van der Waals surface area contributed by atoms with Crippen LogP contribution in [0.2, 0.25) is 0 Å². The Bertz CT molecular complexity index is 276. The molecule has 0 aromatic carbocycles. The lowest BCUT2D eigenvalue weighted by Crippen LogP contribution is -2.42. The zero-order valence-electron chi connectivity index (χ0n) is 9.42. The maximum atomic E-state index is 11.3. The Morgan fingerprint density at radius 3 is 2.47 bits per heavy atom. The Labute approximate surface area is 90.4 Å². The van der Waals surface area contributed by atoms with Crippen molar-refractivity contribution in [2.45, 2.75) is 39.2 Å². The Morgan fingerprint density at radius 2 is 2.00 bits per heavy atom. The van der Waals surface area contributed by atoms with Gasteiger partial charge < -0.3 is 10.1 Å². The third kappa shape index (κ3) is 6.55. The fourth-order valence-corrected chi connectivity index (χ4v) is 0.896. The molecule has 0 aliphatic heterocycles. The molecule has 0 heterocycles. The molecule has 0 atom stereocenters. The highest BCUT2D eigenvalue weighted by atomic mass is 16.5. The van der Waals surface area contributed by atoms with Crippen LogP contribution in [0.25, 0.3) is 0 Å². The van der Waals surface area contributed by atoms with Gasteiger partial charge in [-0.25, -0.2) is 0 Å². The molecule has 0 rings (SSSR count). The van der Waals surface area contributed by atoms with E-state index in [9.17, 15) is 9.59 Å². The van der Waals surface area contributed by atoms with Gasteiger partial charge in [0.15, 0.2) is 0 Å². The number of hydrogen-bond donors (Lipinski definition) is 1. The molecule has 0 saturated heterocycles. The smallest absolute Gasteiger partial charge is 0.306 e. The number of terminal acetylenes is 1. The van der Waals surface area contributed by atoms with E-state index in [1.807, 2.05) is 0 Å². The van der Waals surface area contributed by atoms with Crippen LogP contribution in [0, 0.1) is 12.3 Å². The molecule has 0 aliphatic carbocycles. The Morgan fingerprint density at radius 1 is 1.40 bits per heavy atom. The summed E-state index contributed by atoms with van der Waals surface area (Å²) in [4.78, 5) is 22.3. The molecule has 0 unspecified atom stereocenters. The summed E-state index contributed by atoms with van der Waals surface area (Å²) in [6, 6.07) is 0. The van der Waals surface area contributed by atoms with Crippen LogP contribution in [-0.4, -0.2) is 24.0 Å². The second kappa shape index (κ2) is 6.07. The minimum absolute atomic E-state index is 0.0837. The third-order valence-corrected chi connectivity index (χ3v) is 1.67. The van der Waals surface area contributed by atoms with Gasteiger partial charge in [-0.3, -0.25) is 9.59 Å². The van der Waals surface area contributed by atoms with E-state index < -0.39 is 5.54 Å². The van der Waals surface area contributed by atoms with Gasteiger partial charge in [0, 0.05) is 6.42 Å². The van der Waals surface area contributed by atoms with Crippen LogP contribution in [-0.2, 0) is 14.3 Å². The van der Waals surface area contributed by atoms with E-state index in [2.05, 4.69) is 16.0 Å². The molecular formula is C11H17NO3. The van der Waals surface area contributed by atoms with Gasteiger partial charge in [0.25, 0.3) is 0 Å². The van der Waals surface area contributed by atoms with Crippen molar-refractivity contribution < 1.29 is 14.3 Å². The summed E-state index contributed by atoms with van der Waals surface area (Å²) >= 11 is 0. The van der Waals surface area contributed by atoms with Crippen molar-refractivity contribution in [1.29, 1.82) is 0 Å². The number of rotatable bonds is 5. The predicted octanol–water partition coefficient (Wildman–Crippen LogP) is 0.858. The highest BCUT2D eigenvalue weighted by Crippen LogP contribution is 2.01. The summed E-state index contributed by atoms with van der Waals surface area (Å²) in [6.07, 6.45) is 5.39. The number of amides is 1. The van der Waals surface area contributed by atoms with E-state index in [1.54, 1.807) is 20.8 Å². The normalized spacial score (nSPS) is 10.3. The van der Waals surface area contributed by atoms with Crippen molar-refractivity contribution in [2.75, 3.05) is 6.61 Å². The molecule has 4 heteroatoms. The Kier molecular flexibility index (Phi) is 5.46. The minimum Gasteiger partial charge on any atom is -0.466 e. The number of nitrogens with one attached hydrogen (secondary N) is 1. The van der Waals surface area contributed by atoms with Crippen LogP contribution in [0.1, 0.15) is 33.6 Å². The summed E-state index contributed by atoms with van der Waals surface area (Å²) in [5, 5.41) is 2.62. The van der Waals surface area contributed by atoms with Gasteiger partial charge >= 0.3 is 5.97 Å². The highest BCUT2D eigenvalue weighted by Gasteiger charge is 2.17. The Balaban J connectivity index is 3.87. The molecule has 15 heavy (non-hydrogen) atoms. The molecule has 0 fully saturated rings. The number of carbonyl (C=O) groups excluding carboxylic acids is 2. The van der Waals surface area contributed by atoms with Crippen molar-refractivity contribution in [3.63, 3.8) is 0 Å². The maximum Gasteiger partial charge on any atom is 0.306 e. The lowest BCUT2D eigenvalue weighted by atomic mass is 10.1. The molecule has 0 aromatic rings. The standard InChI is InChI=1S/C11H17NO3/c1-5-11(3,4)12-9(13)7-8-10(14)15-6-2/h1H,6-8H2,2-4H3,(H,12,13). The van der Waals surface area contributed by atoms with E-state index in [4.69, 9.17) is 6.42 Å². The van der Waals surface area contributed by atoms with Crippen LogP contribution in [0.3, 0.4) is 0 Å². The first kappa shape index (κ1) is 13.5. The van der Waals surface area contributed by atoms with Crippen molar-refractivity contribution in [1.82, 2.24) is 5.32 Å². The van der Waals surface area contributed by atoms with Crippen molar-refractivity contribution in [2.24, 2.45) is 0 Å². The molecule has 0 aromatic heterocycles. The van der Waals surface area contributed by atoms with Gasteiger partial charge in [-0.15, -0.1) is 6.42 Å². The maximum absolute atomic E-state index is 11.3. The minimum atomic E-state index is -0.675. The number of hydrogen-bond acceptors (Lipinski definition) is 3. The third-order valence-electron chi connectivity index (χ3n) is 1.67. The van der Waals surface area contributed by atoms with E-state index >= 15 is 0 Å². The Hall–Kier alpha value is -1.50. The average molecular weight is 211 g/mol. The van der Waals surface area contributed by atoms with Crippen molar-refractivity contribution >= 4 is 11.9 Å². The zero-order valence-corrected chi connectivity index (χ0v) is 9.42. The fourth-order valence-electron chi connectivity index (χ4n) is 0.896. The van der Waals surface area contributed by atoms with Crippen LogP contribution in [0.15, 0.2) is 0 Å². The molecule has 0 spiro atoms. The monoisotopic (exact) mass is 211 g/mol. The molecule has 84 valence electrons. The van der Waals surface area contributed by atoms with Gasteiger partial charge in [0.1, 0.15) is 0 Å². The number of ether oxygens (including phenoxy) is 1. The molecule has 0 radical (unpaired) electrons. The van der Waals surface area contributed by atoms with E-state index in [-0.39, 0.29) is 24.7 Å². The summed E-state index contributed by atoms with van der Waals surface area (Å²) < 4.78 is 4.69. The quantitative estimate of drug-likeness (QED) is 0.542. The summed E-state index contributed by atoms with van der Waals surface area (Å²) in [5.41, 5.74) is -0.675. The van der Waals surface area contributed by atoms with E-state index in [0.29, 0.717) is 6.61 Å². The second-order valence-electron chi connectivity index (χ2n) is 3.62. The highest BCUT2D eigenvalue weighted by molar-refractivity contribution is 5.82. The molecule has 1 amide bonds. The SMILES string of the molecule is C#CC(C)(C)NC(=O)CCC(=O)OCC. The zero-order chi connectivity index (χ0) is 11.9. The lowest BCUT2D eigenvalue weighted by molar-refractivity contribution is -0.144. The molecule has 0 saturated carbocycles. The average Bonchev–Trinajstić information content (AvgIpc) is 2.15. The first-order valence-electron chi connectivity index (χ1n) is 4.85. The van der Waals surface area contributed by atoms with Gasteiger partial charge in [-0.2, -0.15) is 0 Å². The summed E-state index contributed by atoms with van der Waals surface area (Å²) in [7, 11) is 0. The fraction of sp³-hybridized carbons (Fsp3) is 0.636. The molecule has 0 aliphatic rings. The molecular weight excluding hydrogens is 194 g/mol. The van der Waals surface area contributed by atoms with Crippen LogP contribution >= 0.6 is 0 Å².